The Bertz CT molecular complexity index is 1030. The van der Waals surface area contributed by atoms with E-state index in [1.807, 2.05) is 19.1 Å². The van der Waals surface area contributed by atoms with Crippen molar-refractivity contribution in [2.45, 2.75) is 25.7 Å². The molecule has 0 aliphatic rings. The third kappa shape index (κ3) is 3.17. The number of aromatic nitrogens is 1. The van der Waals surface area contributed by atoms with Gasteiger partial charge in [-0.1, -0.05) is 43.7 Å². The Morgan fingerprint density at radius 3 is 2.40 bits per heavy atom. The van der Waals surface area contributed by atoms with Crippen LogP contribution in [0.1, 0.15) is 19.4 Å². The lowest BCUT2D eigenvalue weighted by Crippen LogP contribution is -2.15. The van der Waals surface area contributed by atoms with E-state index in [9.17, 15) is 13.2 Å². The van der Waals surface area contributed by atoms with Crippen molar-refractivity contribution in [2.24, 2.45) is 5.92 Å². The summed E-state index contributed by atoms with van der Waals surface area (Å²) in [6.07, 6.45) is 1.37. The number of hydrogen-bond donors (Lipinski definition) is 0. The number of ether oxygens (including phenoxy) is 1. The number of fused-ring (bicyclic) bond motifs is 1. The predicted molar refractivity (Wildman–Crippen MR) is 96.2 cm³/mol. The first-order valence-electron chi connectivity index (χ1n) is 7.94. The number of carbonyl (C=O) groups is 1. The van der Waals surface area contributed by atoms with Crippen molar-refractivity contribution in [3.63, 3.8) is 0 Å². The quantitative estimate of drug-likeness (QED) is 0.667. The molecule has 0 bridgehead atoms. The number of hydrogen-bond acceptors (Lipinski definition) is 4. The minimum absolute atomic E-state index is 0.175. The maximum absolute atomic E-state index is 13.0. The van der Waals surface area contributed by atoms with Gasteiger partial charge in [-0.2, -0.15) is 0 Å². The van der Waals surface area contributed by atoms with Gasteiger partial charge in [0.25, 0.3) is 10.0 Å². The molecule has 3 aromatic rings. The van der Waals surface area contributed by atoms with E-state index < -0.39 is 16.0 Å². The van der Waals surface area contributed by atoms with Crippen molar-refractivity contribution in [2.75, 3.05) is 0 Å². The second-order valence-electron chi connectivity index (χ2n) is 6.20. The molecule has 0 unspecified atom stereocenters. The van der Waals surface area contributed by atoms with Crippen LogP contribution in [0.15, 0.2) is 59.6 Å². The van der Waals surface area contributed by atoms with Crippen LogP contribution in [0.25, 0.3) is 10.9 Å². The van der Waals surface area contributed by atoms with E-state index in [4.69, 9.17) is 4.74 Å². The monoisotopic (exact) mass is 357 g/mol. The average Bonchev–Trinajstić information content (AvgIpc) is 2.94. The summed E-state index contributed by atoms with van der Waals surface area (Å²) in [5.74, 6) is -0.469. The van der Waals surface area contributed by atoms with E-state index in [0.29, 0.717) is 10.9 Å². The molecule has 0 saturated carbocycles. The van der Waals surface area contributed by atoms with Crippen LogP contribution in [-0.2, 0) is 14.8 Å². The number of nitrogens with zero attached hydrogens (tertiary/aromatic N) is 1. The first kappa shape index (κ1) is 17.2. The van der Waals surface area contributed by atoms with Crippen LogP contribution < -0.4 is 4.74 Å². The Kier molecular flexibility index (Phi) is 4.39. The Labute approximate surface area is 146 Å². The maximum atomic E-state index is 13.0. The highest BCUT2D eigenvalue weighted by molar-refractivity contribution is 7.90. The highest BCUT2D eigenvalue weighted by Gasteiger charge is 2.23. The minimum atomic E-state index is -3.79. The zero-order valence-corrected chi connectivity index (χ0v) is 15.1. The van der Waals surface area contributed by atoms with Crippen molar-refractivity contribution in [1.29, 1.82) is 0 Å². The van der Waals surface area contributed by atoms with Gasteiger partial charge in [0.15, 0.2) is 5.75 Å². The summed E-state index contributed by atoms with van der Waals surface area (Å²) in [6, 6.07) is 13.5. The summed E-state index contributed by atoms with van der Waals surface area (Å²) in [7, 11) is -3.79. The largest absolute Gasteiger partial charge is 0.424 e. The highest BCUT2D eigenvalue weighted by Crippen LogP contribution is 2.32. The molecule has 0 aliphatic carbocycles. The van der Waals surface area contributed by atoms with Crippen LogP contribution in [0.4, 0.5) is 0 Å². The maximum Gasteiger partial charge on any atom is 0.313 e. The summed E-state index contributed by atoms with van der Waals surface area (Å²) < 4.78 is 32.6. The fraction of sp³-hybridized carbons (Fsp3) is 0.211. The van der Waals surface area contributed by atoms with Crippen LogP contribution in [-0.4, -0.2) is 18.4 Å². The summed E-state index contributed by atoms with van der Waals surface area (Å²) >= 11 is 0. The van der Waals surface area contributed by atoms with Gasteiger partial charge in [0, 0.05) is 5.39 Å². The molecule has 0 aliphatic heterocycles. The first-order chi connectivity index (χ1) is 11.8. The van der Waals surface area contributed by atoms with E-state index >= 15 is 0 Å². The molecule has 0 radical (unpaired) electrons. The van der Waals surface area contributed by atoms with Gasteiger partial charge in [-0.15, -0.1) is 0 Å². The molecular weight excluding hydrogens is 338 g/mol. The van der Waals surface area contributed by atoms with Crippen molar-refractivity contribution in [3.8, 4) is 5.75 Å². The third-order valence-corrected chi connectivity index (χ3v) is 5.56. The molecule has 0 N–H and O–H groups in total. The molecule has 1 aromatic heterocycles. The van der Waals surface area contributed by atoms with Crippen LogP contribution in [0, 0.1) is 12.8 Å². The van der Waals surface area contributed by atoms with Gasteiger partial charge in [0.05, 0.1) is 22.5 Å². The number of rotatable bonds is 4. The normalized spacial score (nSPS) is 11.8. The van der Waals surface area contributed by atoms with Crippen molar-refractivity contribution in [1.82, 2.24) is 3.97 Å². The van der Waals surface area contributed by atoms with Gasteiger partial charge in [0.1, 0.15) is 0 Å². The summed E-state index contributed by atoms with van der Waals surface area (Å²) in [6.45, 7) is 5.36. The minimum Gasteiger partial charge on any atom is -0.424 e. The van der Waals surface area contributed by atoms with Gasteiger partial charge in [0.2, 0.25) is 0 Å². The molecule has 5 nitrogen and oxygen atoms in total. The number of aryl methyl sites for hydroxylation is 1. The van der Waals surface area contributed by atoms with Crippen LogP contribution in [0.5, 0.6) is 5.75 Å². The van der Waals surface area contributed by atoms with Crippen molar-refractivity contribution < 1.29 is 17.9 Å². The lowest BCUT2D eigenvalue weighted by Gasteiger charge is -2.07. The van der Waals surface area contributed by atoms with E-state index in [-0.39, 0.29) is 16.6 Å². The van der Waals surface area contributed by atoms with E-state index in [1.54, 1.807) is 38.1 Å². The van der Waals surface area contributed by atoms with Gasteiger partial charge < -0.3 is 4.74 Å². The van der Waals surface area contributed by atoms with Crippen molar-refractivity contribution in [3.05, 3.63) is 60.3 Å². The molecule has 0 spiro atoms. The van der Waals surface area contributed by atoms with Crippen LogP contribution >= 0.6 is 0 Å². The molecular formula is C19H19NO4S. The molecule has 0 atom stereocenters. The predicted octanol–water partition coefficient (Wildman–Crippen LogP) is 3.75. The van der Waals surface area contributed by atoms with Crippen LogP contribution in [0.3, 0.4) is 0 Å². The Hall–Kier alpha value is -2.60. The molecule has 6 heteroatoms. The molecule has 0 amide bonds. The molecule has 2 aromatic carbocycles. The average molecular weight is 357 g/mol. The van der Waals surface area contributed by atoms with E-state index in [2.05, 4.69) is 0 Å². The van der Waals surface area contributed by atoms with Crippen LogP contribution in [0.2, 0.25) is 0 Å². The fourth-order valence-corrected chi connectivity index (χ4v) is 3.88. The summed E-state index contributed by atoms with van der Waals surface area (Å²) in [5, 5.41) is 0.591. The first-order valence-corrected chi connectivity index (χ1v) is 9.39. The van der Waals surface area contributed by atoms with E-state index in [1.165, 1.54) is 22.3 Å². The zero-order chi connectivity index (χ0) is 18.2. The molecule has 0 fully saturated rings. The molecule has 1 heterocycles. The molecule has 130 valence electrons. The van der Waals surface area contributed by atoms with Gasteiger partial charge in [-0.25, -0.2) is 12.4 Å². The number of benzene rings is 2. The zero-order valence-electron chi connectivity index (χ0n) is 14.3. The highest BCUT2D eigenvalue weighted by atomic mass is 32.2. The molecule has 3 rings (SSSR count). The number of carbonyl (C=O) groups excluding carboxylic acids is 1. The van der Waals surface area contributed by atoms with Gasteiger partial charge in [-0.3, -0.25) is 4.79 Å². The van der Waals surface area contributed by atoms with Gasteiger partial charge >= 0.3 is 5.97 Å². The Morgan fingerprint density at radius 1 is 1.08 bits per heavy atom. The molecule has 25 heavy (non-hydrogen) atoms. The number of esters is 1. The standard InChI is InChI=1S/C19H19NO4S/c1-13(2)19(21)24-18-12-20(17-10-9-14(3)11-16(17)18)25(22,23)15-7-5-4-6-8-15/h4-13H,1-3H3. The molecule has 0 saturated heterocycles. The smallest absolute Gasteiger partial charge is 0.313 e. The summed E-state index contributed by atoms with van der Waals surface area (Å²) in [4.78, 5) is 12.2. The van der Waals surface area contributed by atoms with Crippen molar-refractivity contribution >= 4 is 26.9 Å². The second-order valence-corrected chi connectivity index (χ2v) is 8.02. The summed E-state index contributed by atoms with van der Waals surface area (Å²) in [5.41, 5.74) is 1.42. The SMILES string of the molecule is Cc1ccc2c(c1)c(OC(=O)C(C)C)cn2S(=O)(=O)c1ccccc1. The fourth-order valence-electron chi connectivity index (χ4n) is 2.50. The van der Waals surface area contributed by atoms with E-state index in [0.717, 1.165) is 5.56 Å². The Morgan fingerprint density at radius 2 is 1.76 bits per heavy atom. The lowest BCUT2D eigenvalue weighted by atomic mass is 10.2. The topological polar surface area (TPSA) is 65.4 Å². The lowest BCUT2D eigenvalue weighted by molar-refractivity contribution is -0.137. The Balaban J connectivity index is 2.21. The third-order valence-electron chi connectivity index (χ3n) is 3.87. The van der Waals surface area contributed by atoms with Gasteiger partial charge in [-0.05, 0) is 31.2 Å². The second kappa shape index (κ2) is 6.37.